The first-order valence-corrected chi connectivity index (χ1v) is 4.32. The van der Waals surface area contributed by atoms with E-state index in [9.17, 15) is 4.39 Å². The summed E-state index contributed by atoms with van der Waals surface area (Å²) < 4.78 is 22.7. The smallest absolute Gasteiger partial charge is 0.142 e. The molecule has 1 aromatic heterocycles. The van der Waals surface area contributed by atoms with Crippen LogP contribution in [0.25, 0.3) is 0 Å². The highest BCUT2D eigenvalue weighted by molar-refractivity contribution is 5.52. The molecule has 0 spiro atoms. The molecule has 0 aliphatic rings. The minimum Gasteiger partial charge on any atom is -0.487 e. The van der Waals surface area contributed by atoms with Crippen LogP contribution in [0, 0.1) is 5.82 Å². The lowest BCUT2D eigenvalue weighted by atomic mass is 10.3. The molecule has 0 saturated carbocycles. The fourth-order valence-corrected chi connectivity index (χ4v) is 1.11. The molecule has 4 nitrogen and oxygen atoms in total. The van der Waals surface area contributed by atoms with Crippen molar-refractivity contribution in [2.45, 2.75) is 6.61 Å². The van der Waals surface area contributed by atoms with Gasteiger partial charge in [-0.15, -0.1) is 0 Å². The van der Waals surface area contributed by atoms with Crippen LogP contribution in [0.15, 0.2) is 35.2 Å². The van der Waals surface area contributed by atoms with Crippen molar-refractivity contribution in [3.63, 3.8) is 0 Å². The summed E-state index contributed by atoms with van der Waals surface area (Å²) in [7, 11) is 0. The molecule has 0 bridgehead atoms. The van der Waals surface area contributed by atoms with Gasteiger partial charge in [-0.1, -0.05) is 5.16 Å². The molecule has 2 N–H and O–H groups in total. The zero-order valence-corrected chi connectivity index (χ0v) is 7.81. The molecule has 2 aromatic rings. The Morgan fingerprint density at radius 3 is 3.00 bits per heavy atom. The van der Waals surface area contributed by atoms with E-state index in [1.54, 1.807) is 6.20 Å². The van der Waals surface area contributed by atoms with E-state index >= 15 is 0 Å². The van der Waals surface area contributed by atoms with Gasteiger partial charge in [-0.2, -0.15) is 0 Å². The molecular weight excluding hydrogens is 199 g/mol. The van der Waals surface area contributed by atoms with Crippen LogP contribution >= 0.6 is 0 Å². The quantitative estimate of drug-likeness (QED) is 0.783. The van der Waals surface area contributed by atoms with E-state index in [1.165, 1.54) is 24.5 Å². The van der Waals surface area contributed by atoms with Gasteiger partial charge in [0.2, 0.25) is 0 Å². The highest BCUT2D eigenvalue weighted by Crippen LogP contribution is 2.22. The normalized spacial score (nSPS) is 10.2. The van der Waals surface area contributed by atoms with Crippen molar-refractivity contribution in [2.24, 2.45) is 0 Å². The van der Waals surface area contributed by atoms with Crippen molar-refractivity contribution < 1.29 is 13.7 Å². The minimum absolute atomic E-state index is 0.270. The van der Waals surface area contributed by atoms with Crippen LogP contribution < -0.4 is 10.5 Å². The Balaban J connectivity index is 2.05. The summed E-state index contributed by atoms with van der Waals surface area (Å²) in [6.07, 6.45) is 3.01. The van der Waals surface area contributed by atoms with Crippen LogP contribution in [0.1, 0.15) is 5.56 Å². The van der Waals surface area contributed by atoms with E-state index in [2.05, 4.69) is 9.68 Å². The van der Waals surface area contributed by atoms with Crippen molar-refractivity contribution in [1.82, 2.24) is 5.16 Å². The minimum atomic E-state index is -0.384. The van der Waals surface area contributed by atoms with Gasteiger partial charge >= 0.3 is 0 Å². The van der Waals surface area contributed by atoms with E-state index in [-0.39, 0.29) is 11.5 Å². The van der Waals surface area contributed by atoms with Crippen LogP contribution in [0.2, 0.25) is 0 Å². The fraction of sp³-hybridized carbons (Fsp3) is 0.100. The van der Waals surface area contributed by atoms with Gasteiger partial charge in [0.15, 0.2) is 0 Å². The van der Waals surface area contributed by atoms with E-state index in [0.717, 1.165) is 5.56 Å². The average molecular weight is 208 g/mol. The van der Waals surface area contributed by atoms with Gasteiger partial charge in [-0.05, 0) is 12.1 Å². The first-order chi connectivity index (χ1) is 7.25. The van der Waals surface area contributed by atoms with Gasteiger partial charge in [0.25, 0.3) is 0 Å². The summed E-state index contributed by atoms with van der Waals surface area (Å²) in [5.74, 6) is 0.0578. The summed E-state index contributed by atoms with van der Waals surface area (Å²) in [5, 5.41) is 3.52. The van der Waals surface area contributed by atoms with Crippen molar-refractivity contribution >= 4 is 5.69 Å². The summed E-state index contributed by atoms with van der Waals surface area (Å²) >= 11 is 0. The van der Waals surface area contributed by atoms with E-state index in [4.69, 9.17) is 10.5 Å². The molecule has 78 valence electrons. The summed E-state index contributed by atoms with van der Waals surface area (Å²) in [4.78, 5) is 0. The van der Waals surface area contributed by atoms with Gasteiger partial charge < -0.3 is 15.0 Å². The van der Waals surface area contributed by atoms with Crippen molar-refractivity contribution in [2.75, 3.05) is 5.73 Å². The Bertz CT molecular complexity index is 443. The van der Waals surface area contributed by atoms with Crippen LogP contribution in [0.4, 0.5) is 10.1 Å². The monoisotopic (exact) mass is 208 g/mol. The van der Waals surface area contributed by atoms with E-state index < -0.39 is 0 Å². The summed E-state index contributed by atoms with van der Waals surface area (Å²) in [6.45, 7) is 0.291. The Labute approximate surface area is 85.4 Å². The molecule has 0 fully saturated rings. The lowest BCUT2D eigenvalue weighted by molar-refractivity contribution is 0.305. The third-order valence-corrected chi connectivity index (χ3v) is 1.85. The number of nitrogens with zero attached hydrogens (tertiary/aromatic N) is 1. The third kappa shape index (κ3) is 2.25. The van der Waals surface area contributed by atoms with Gasteiger partial charge in [0.1, 0.15) is 24.4 Å². The number of nitrogens with two attached hydrogens (primary N) is 1. The number of hydrogen-bond acceptors (Lipinski definition) is 4. The van der Waals surface area contributed by atoms with Crippen LogP contribution in [-0.2, 0) is 6.61 Å². The Hall–Kier alpha value is -2.04. The highest BCUT2D eigenvalue weighted by atomic mass is 19.1. The number of ether oxygens (including phenoxy) is 1. The molecule has 1 aromatic carbocycles. The molecule has 2 rings (SSSR count). The molecule has 0 aliphatic heterocycles. The maximum Gasteiger partial charge on any atom is 0.142 e. The van der Waals surface area contributed by atoms with Gasteiger partial charge in [-0.3, -0.25) is 0 Å². The van der Waals surface area contributed by atoms with Crippen molar-refractivity contribution in [1.29, 1.82) is 0 Å². The first kappa shape index (κ1) is 9.51. The molecule has 15 heavy (non-hydrogen) atoms. The molecule has 5 heteroatoms. The Morgan fingerprint density at radius 2 is 2.33 bits per heavy atom. The van der Waals surface area contributed by atoms with Crippen LogP contribution in [-0.4, -0.2) is 5.16 Å². The third-order valence-electron chi connectivity index (χ3n) is 1.85. The molecular formula is C10H9FN2O2. The van der Waals surface area contributed by atoms with Gasteiger partial charge in [0, 0.05) is 11.6 Å². The molecule has 0 saturated heterocycles. The Morgan fingerprint density at radius 1 is 1.47 bits per heavy atom. The molecule has 0 atom stereocenters. The second-order valence-electron chi connectivity index (χ2n) is 3.00. The lowest BCUT2D eigenvalue weighted by Crippen LogP contribution is -1.98. The molecule has 0 aliphatic carbocycles. The molecule has 0 unspecified atom stereocenters. The van der Waals surface area contributed by atoms with Crippen LogP contribution in [0.3, 0.4) is 0 Å². The van der Waals surface area contributed by atoms with Gasteiger partial charge in [-0.25, -0.2) is 4.39 Å². The zero-order chi connectivity index (χ0) is 10.7. The first-order valence-electron chi connectivity index (χ1n) is 4.32. The van der Waals surface area contributed by atoms with Crippen molar-refractivity contribution in [3.05, 3.63) is 42.0 Å². The number of rotatable bonds is 3. The fourth-order valence-electron chi connectivity index (χ4n) is 1.11. The number of halogens is 1. The van der Waals surface area contributed by atoms with E-state index in [1.807, 2.05) is 0 Å². The standard InChI is InChI=1S/C10H9FN2O2/c11-8-1-2-10(9(12)3-8)14-5-7-4-13-15-6-7/h1-4,6H,5,12H2. The highest BCUT2D eigenvalue weighted by Gasteiger charge is 2.03. The van der Waals surface area contributed by atoms with Gasteiger partial charge in [0.05, 0.1) is 11.9 Å². The zero-order valence-electron chi connectivity index (χ0n) is 7.81. The molecule has 0 amide bonds. The number of benzene rings is 1. The molecule has 1 heterocycles. The van der Waals surface area contributed by atoms with Crippen LogP contribution in [0.5, 0.6) is 5.75 Å². The molecule has 0 radical (unpaired) electrons. The summed E-state index contributed by atoms with van der Waals surface area (Å²) in [5.41, 5.74) is 6.62. The maximum atomic E-state index is 12.7. The predicted octanol–water partition coefficient (Wildman–Crippen LogP) is 1.97. The van der Waals surface area contributed by atoms with Crippen molar-refractivity contribution in [3.8, 4) is 5.75 Å². The lowest BCUT2D eigenvalue weighted by Gasteiger charge is -2.06. The second kappa shape index (κ2) is 4.00. The number of hydrogen-bond donors (Lipinski definition) is 1. The SMILES string of the molecule is Nc1cc(F)ccc1OCc1cnoc1. The Kier molecular flexibility index (Phi) is 2.53. The number of aromatic nitrogens is 1. The number of anilines is 1. The topological polar surface area (TPSA) is 61.3 Å². The predicted molar refractivity (Wildman–Crippen MR) is 51.6 cm³/mol. The average Bonchev–Trinajstić information content (AvgIpc) is 2.69. The number of nitrogen functional groups attached to an aromatic ring is 1. The second-order valence-corrected chi connectivity index (χ2v) is 3.00. The van der Waals surface area contributed by atoms with E-state index in [0.29, 0.717) is 12.4 Å². The summed E-state index contributed by atoms with van der Waals surface area (Å²) in [6, 6.07) is 3.99. The largest absolute Gasteiger partial charge is 0.487 e. The maximum absolute atomic E-state index is 12.7.